The molecule has 0 aliphatic heterocycles. The maximum Gasteiger partial charge on any atom is 0.336 e. The van der Waals surface area contributed by atoms with Crippen LogP contribution >= 0.6 is 0 Å². The number of rotatable bonds is 5. The molecule has 0 aliphatic rings. The molecule has 7 heteroatoms. The molecule has 1 heterocycles. The Labute approximate surface area is 116 Å². The average molecular weight is 297 g/mol. The third kappa shape index (κ3) is 3.24. The highest BCUT2D eigenvalue weighted by Gasteiger charge is 2.16. The van der Waals surface area contributed by atoms with Crippen molar-refractivity contribution in [1.82, 2.24) is 4.72 Å². The Morgan fingerprint density at radius 2 is 2.05 bits per heavy atom. The van der Waals surface area contributed by atoms with E-state index in [9.17, 15) is 18.3 Å². The first-order valence-electron chi connectivity index (χ1n) is 6.14. The van der Waals surface area contributed by atoms with Gasteiger partial charge in [0.2, 0.25) is 10.0 Å². The van der Waals surface area contributed by atoms with E-state index in [1.54, 1.807) is 6.92 Å². The van der Waals surface area contributed by atoms with Gasteiger partial charge in [0.25, 0.3) is 0 Å². The van der Waals surface area contributed by atoms with Crippen LogP contribution < -0.4 is 10.3 Å². The monoisotopic (exact) mass is 297 g/mol. The number of benzene rings is 1. The molecule has 108 valence electrons. The maximum absolute atomic E-state index is 12.0. The van der Waals surface area contributed by atoms with Gasteiger partial charge in [-0.1, -0.05) is 6.92 Å². The van der Waals surface area contributed by atoms with Crippen molar-refractivity contribution in [1.29, 1.82) is 0 Å². The summed E-state index contributed by atoms with van der Waals surface area (Å²) in [5.74, 6) is 0. The summed E-state index contributed by atoms with van der Waals surface area (Å²) < 4.78 is 31.4. The first-order valence-corrected chi connectivity index (χ1v) is 7.62. The largest absolute Gasteiger partial charge is 0.423 e. The second kappa shape index (κ2) is 5.74. The van der Waals surface area contributed by atoms with Crippen LogP contribution in [-0.2, 0) is 10.0 Å². The number of aliphatic hydroxyl groups excluding tert-OH is 1. The van der Waals surface area contributed by atoms with Gasteiger partial charge in [0.05, 0.1) is 11.0 Å². The third-order valence-electron chi connectivity index (χ3n) is 2.88. The van der Waals surface area contributed by atoms with Crippen molar-refractivity contribution >= 4 is 21.0 Å². The van der Waals surface area contributed by atoms with E-state index < -0.39 is 21.8 Å². The molecule has 2 aromatic rings. The topological polar surface area (TPSA) is 96.6 Å². The maximum atomic E-state index is 12.0. The van der Waals surface area contributed by atoms with Gasteiger partial charge in [-0.05, 0) is 30.7 Å². The second-order valence-electron chi connectivity index (χ2n) is 4.37. The lowest BCUT2D eigenvalue weighted by molar-refractivity contribution is 0.174. The van der Waals surface area contributed by atoms with Gasteiger partial charge < -0.3 is 9.52 Å². The first kappa shape index (κ1) is 14.7. The molecule has 2 rings (SSSR count). The molecule has 1 atom stereocenters. The number of nitrogens with one attached hydrogen (secondary N) is 1. The van der Waals surface area contributed by atoms with Crippen molar-refractivity contribution in [3.63, 3.8) is 0 Å². The summed E-state index contributed by atoms with van der Waals surface area (Å²) in [6.07, 6.45) is -0.256. The van der Waals surface area contributed by atoms with E-state index in [0.29, 0.717) is 17.4 Å². The van der Waals surface area contributed by atoms with Gasteiger partial charge in [0, 0.05) is 18.0 Å². The summed E-state index contributed by atoms with van der Waals surface area (Å²) in [5, 5.41) is 9.91. The molecule has 0 saturated heterocycles. The van der Waals surface area contributed by atoms with Crippen LogP contribution in [0, 0.1) is 0 Å². The van der Waals surface area contributed by atoms with Crippen LogP contribution in [0.1, 0.15) is 13.3 Å². The van der Waals surface area contributed by atoms with Gasteiger partial charge in [-0.15, -0.1) is 0 Å². The molecule has 0 saturated carbocycles. The fraction of sp³-hybridized carbons (Fsp3) is 0.308. The van der Waals surface area contributed by atoms with Crippen molar-refractivity contribution in [2.24, 2.45) is 0 Å². The minimum absolute atomic E-state index is 0.0409. The van der Waals surface area contributed by atoms with Crippen LogP contribution in [-0.4, -0.2) is 26.2 Å². The van der Waals surface area contributed by atoms with Crippen molar-refractivity contribution in [3.8, 4) is 0 Å². The Balaban J connectivity index is 2.32. The van der Waals surface area contributed by atoms with Crippen LogP contribution in [0.2, 0.25) is 0 Å². The molecule has 0 spiro atoms. The second-order valence-corrected chi connectivity index (χ2v) is 6.13. The molecule has 0 amide bonds. The van der Waals surface area contributed by atoms with Crippen LogP contribution in [0.4, 0.5) is 0 Å². The van der Waals surface area contributed by atoms with Crippen molar-refractivity contribution in [2.45, 2.75) is 24.3 Å². The predicted octanol–water partition coefficient (Wildman–Crippen LogP) is 0.842. The summed E-state index contributed by atoms with van der Waals surface area (Å²) in [4.78, 5) is 11.1. The SMILES string of the molecule is CCC(O)CNS(=O)(=O)c1ccc2oc(=O)ccc2c1. The Morgan fingerprint density at radius 3 is 2.75 bits per heavy atom. The van der Waals surface area contributed by atoms with E-state index >= 15 is 0 Å². The minimum Gasteiger partial charge on any atom is -0.423 e. The lowest BCUT2D eigenvalue weighted by atomic mass is 10.2. The number of hydrogen-bond acceptors (Lipinski definition) is 5. The molecule has 0 fully saturated rings. The van der Waals surface area contributed by atoms with Gasteiger partial charge in [-0.3, -0.25) is 0 Å². The first-order chi connectivity index (χ1) is 9.42. The zero-order chi connectivity index (χ0) is 14.8. The van der Waals surface area contributed by atoms with Crippen LogP contribution in [0.3, 0.4) is 0 Å². The Kier molecular flexibility index (Phi) is 4.22. The van der Waals surface area contributed by atoms with E-state index in [1.165, 1.54) is 30.3 Å². The summed E-state index contributed by atoms with van der Waals surface area (Å²) in [5.41, 5.74) is -0.164. The number of fused-ring (bicyclic) bond motifs is 1. The quantitative estimate of drug-likeness (QED) is 0.797. The van der Waals surface area contributed by atoms with Gasteiger partial charge >= 0.3 is 5.63 Å². The smallest absolute Gasteiger partial charge is 0.336 e. The van der Waals surface area contributed by atoms with Crippen LogP contribution in [0.5, 0.6) is 0 Å². The Hall–Kier alpha value is -1.70. The van der Waals surface area contributed by atoms with Gasteiger partial charge in [0.1, 0.15) is 5.58 Å². The van der Waals surface area contributed by atoms with Crippen molar-refractivity contribution < 1.29 is 17.9 Å². The number of hydrogen-bond donors (Lipinski definition) is 2. The lowest BCUT2D eigenvalue weighted by Crippen LogP contribution is -2.31. The highest BCUT2D eigenvalue weighted by atomic mass is 32.2. The van der Waals surface area contributed by atoms with Crippen molar-refractivity contribution in [3.05, 3.63) is 40.8 Å². The number of sulfonamides is 1. The highest BCUT2D eigenvalue weighted by Crippen LogP contribution is 2.17. The standard InChI is InChI=1S/C13H15NO5S/c1-2-10(15)8-14-20(17,18)11-4-5-12-9(7-11)3-6-13(16)19-12/h3-7,10,14-15H,2,8H2,1H3. The fourth-order valence-electron chi connectivity index (χ4n) is 1.65. The van der Waals surface area contributed by atoms with Gasteiger partial charge in [-0.2, -0.15) is 0 Å². The van der Waals surface area contributed by atoms with Gasteiger partial charge in [0.15, 0.2) is 0 Å². The fourth-order valence-corrected chi connectivity index (χ4v) is 2.76. The summed E-state index contributed by atoms with van der Waals surface area (Å²) >= 11 is 0. The molecule has 1 aromatic heterocycles. The zero-order valence-electron chi connectivity index (χ0n) is 10.9. The molecule has 1 unspecified atom stereocenters. The van der Waals surface area contributed by atoms with E-state index in [4.69, 9.17) is 4.42 Å². The Morgan fingerprint density at radius 1 is 1.30 bits per heavy atom. The molecule has 6 nitrogen and oxygen atoms in total. The molecule has 0 aliphatic carbocycles. The Bertz CT molecular complexity index is 766. The van der Waals surface area contributed by atoms with E-state index in [1.807, 2.05) is 0 Å². The minimum atomic E-state index is -3.70. The van der Waals surface area contributed by atoms with Gasteiger partial charge in [-0.25, -0.2) is 17.9 Å². The summed E-state index contributed by atoms with van der Waals surface area (Å²) in [6, 6.07) is 6.93. The summed E-state index contributed by atoms with van der Waals surface area (Å²) in [7, 11) is -3.70. The van der Waals surface area contributed by atoms with E-state index in [2.05, 4.69) is 4.72 Å². The van der Waals surface area contributed by atoms with Crippen LogP contribution in [0.25, 0.3) is 11.0 Å². The predicted molar refractivity (Wildman–Crippen MR) is 74.0 cm³/mol. The molecule has 0 radical (unpaired) electrons. The van der Waals surface area contributed by atoms with Crippen molar-refractivity contribution in [2.75, 3.05) is 6.54 Å². The molecular weight excluding hydrogens is 282 g/mol. The van der Waals surface area contributed by atoms with E-state index in [-0.39, 0.29) is 11.4 Å². The molecule has 2 N–H and O–H groups in total. The molecular formula is C13H15NO5S. The highest BCUT2D eigenvalue weighted by molar-refractivity contribution is 7.89. The summed E-state index contributed by atoms with van der Waals surface area (Å²) in [6.45, 7) is 1.72. The van der Waals surface area contributed by atoms with Crippen LogP contribution in [0.15, 0.2) is 44.4 Å². The number of aliphatic hydroxyl groups is 1. The molecule has 1 aromatic carbocycles. The normalized spacial score (nSPS) is 13.5. The zero-order valence-corrected chi connectivity index (χ0v) is 11.7. The van der Waals surface area contributed by atoms with E-state index in [0.717, 1.165) is 0 Å². The molecule has 0 bridgehead atoms. The third-order valence-corrected chi connectivity index (χ3v) is 4.30. The lowest BCUT2D eigenvalue weighted by Gasteiger charge is -2.10. The molecule has 20 heavy (non-hydrogen) atoms. The average Bonchev–Trinajstić information content (AvgIpc) is 2.44.